The molecule has 2 aliphatic rings. The fourth-order valence-corrected chi connectivity index (χ4v) is 3.51. The topological polar surface area (TPSA) is 61.4 Å². The van der Waals surface area contributed by atoms with Crippen LogP contribution in [0.4, 0.5) is 5.82 Å². The molecule has 6 heteroatoms. The number of carbonyl (C=O) groups excluding carboxylic acids is 1. The normalized spacial score (nSPS) is 21.3. The Morgan fingerprint density at radius 2 is 2.00 bits per heavy atom. The third-order valence-corrected chi connectivity index (χ3v) is 5.12. The zero-order chi connectivity index (χ0) is 16.1. The predicted octanol–water partition coefficient (Wildman–Crippen LogP) is 1.29. The summed E-state index contributed by atoms with van der Waals surface area (Å²) in [6.07, 6.45) is 9.88. The Morgan fingerprint density at radius 1 is 1.26 bits per heavy atom. The highest BCUT2D eigenvalue weighted by Gasteiger charge is 2.25. The first-order valence-electron chi connectivity index (χ1n) is 8.77. The fraction of sp³-hybridized carbons (Fsp3) is 0.706. The van der Waals surface area contributed by atoms with Crippen LogP contribution in [0.25, 0.3) is 0 Å². The molecule has 2 aliphatic heterocycles. The van der Waals surface area contributed by atoms with E-state index in [9.17, 15) is 4.79 Å². The third kappa shape index (κ3) is 4.19. The van der Waals surface area contributed by atoms with Gasteiger partial charge in [0.2, 0.25) is 5.91 Å². The molecule has 1 aromatic rings. The summed E-state index contributed by atoms with van der Waals surface area (Å²) in [6.45, 7) is 6.92. The van der Waals surface area contributed by atoms with Gasteiger partial charge < -0.3 is 10.2 Å². The SMILES string of the molecule is CC(C(=O)NCC1CCN(c2cnccn2)CC1)N1CCCC1. The maximum atomic E-state index is 12.3. The Hall–Kier alpha value is -1.69. The maximum Gasteiger partial charge on any atom is 0.237 e. The van der Waals surface area contributed by atoms with Crippen LogP contribution in [0.2, 0.25) is 0 Å². The highest BCUT2D eigenvalue weighted by molar-refractivity contribution is 5.81. The number of hydrogen-bond donors (Lipinski definition) is 1. The summed E-state index contributed by atoms with van der Waals surface area (Å²) in [5, 5.41) is 3.16. The van der Waals surface area contributed by atoms with Crippen molar-refractivity contribution in [2.75, 3.05) is 37.6 Å². The fourth-order valence-electron chi connectivity index (χ4n) is 3.51. The van der Waals surface area contributed by atoms with Crippen LogP contribution in [-0.4, -0.2) is 59.5 Å². The highest BCUT2D eigenvalue weighted by atomic mass is 16.2. The van der Waals surface area contributed by atoms with Crippen molar-refractivity contribution in [2.45, 2.75) is 38.6 Å². The lowest BCUT2D eigenvalue weighted by molar-refractivity contribution is -0.125. The summed E-state index contributed by atoms with van der Waals surface area (Å²) >= 11 is 0. The van der Waals surface area contributed by atoms with Crippen LogP contribution in [0.1, 0.15) is 32.6 Å². The molecule has 23 heavy (non-hydrogen) atoms. The number of amides is 1. The number of nitrogens with one attached hydrogen (secondary N) is 1. The van der Waals surface area contributed by atoms with E-state index in [4.69, 9.17) is 0 Å². The molecule has 0 aliphatic carbocycles. The summed E-state index contributed by atoms with van der Waals surface area (Å²) in [4.78, 5) is 25.3. The average Bonchev–Trinajstić information content (AvgIpc) is 3.15. The lowest BCUT2D eigenvalue weighted by atomic mass is 9.96. The standard InChI is InChI=1S/C17H27N5O/c1-14(21-8-2-3-9-21)17(23)20-12-15-4-10-22(11-5-15)16-13-18-6-7-19-16/h6-7,13-15H,2-5,8-12H2,1H3,(H,20,23). The molecule has 3 heterocycles. The number of carbonyl (C=O) groups is 1. The quantitative estimate of drug-likeness (QED) is 0.887. The van der Waals surface area contributed by atoms with Crippen LogP contribution in [0.15, 0.2) is 18.6 Å². The Labute approximate surface area is 138 Å². The van der Waals surface area contributed by atoms with Gasteiger partial charge in [-0.2, -0.15) is 0 Å². The minimum absolute atomic E-state index is 0.0113. The summed E-state index contributed by atoms with van der Waals surface area (Å²) in [5.41, 5.74) is 0. The zero-order valence-corrected chi connectivity index (χ0v) is 13.9. The molecule has 0 saturated carbocycles. The molecule has 2 fully saturated rings. The number of likely N-dealkylation sites (tertiary alicyclic amines) is 1. The van der Waals surface area contributed by atoms with Gasteiger partial charge in [0, 0.05) is 32.0 Å². The average molecular weight is 317 g/mol. The second-order valence-corrected chi connectivity index (χ2v) is 6.66. The van der Waals surface area contributed by atoms with Gasteiger partial charge in [-0.1, -0.05) is 0 Å². The lowest BCUT2D eigenvalue weighted by Gasteiger charge is -2.33. The molecule has 0 aromatic carbocycles. The van der Waals surface area contributed by atoms with Gasteiger partial charge in [-0.15, -0.1) is 0 Å². The molecular formula is C17H27N5O. The Balaban J connectivity index is 1.39. The third-order valence-electron chi connectivity index (χ3n) is 5.12. The number of hydrogen-bond acceptors (Lipinski definition) is 5. The molecule has 0 spiro atoms. The molecular weight excluding hydrogens is 290 g/mol. The van der Waals surface area contributed by atoms with E-state index in [1.54, 1.807) is 12.4 Å². The lowest BCUT2D eigenvalue weighted by Crippen LogP contribution is -2.46. The molecule has 126 valence electrons. The monoisotopic (exact) mass is 317 g/mol. The first-order valence-corrected chi connectivity index (χ1v) is 8.77. The first kappa shape index (κ1) is 16.2. The van der Waals surface area contributed by atoms with Gasteiger partial charge in [0.05, 0.1) is 12.2 Å². The summed E-state index contributed by atoms with van der Waals surface area (Å²) < 4.78 is 0. The summed E-state index contributed by atoms with van der Waals surface area (Å²) in [5.74, 6) is 1.71. The van der Waals surface area contributed by atoms with Crippen molar-refractivity contribution < 1.29 is 4.79 Å². The van der Waals surface area contributed by atoms with E-state index in [-0.39, 0.29) is 11.9 Å². The van der Waals surface area contributed by atoms with Gasteiger partial charge in [0.15, 0.2) is 0 Å². The Kier molecular flexibility index (Phi) is 5.43. The van der Waals surface area contributed by atoms with Crippen molar-refractivity contribution in [2.24, 2.45) is 5.92 Å². The van der Waals surface area contributed by atoms with Crippen molar-refractivity contribution in [1.82, 2.24) is 20.2 Å². The second kappa shape index (κ2) is 7.73. The van der Waals surface area contributed by atoms with E-state index in [1.807, 2.05) is 13.1 Å². The van der Waals surface area contributed by atoms with Crippen molar-refractivity contribution in [3.63, 3.8) is 0 Å². The van der Waals surface area contributed by atoms with Gasteiger partial charge in [-0.3, -0.25) is 14.7 Å². The summed E-state index contributed by atoms with van der Waals surface area (Å²) in [6, 6.07) is 0.0113. The molecule has 1 aromatic heterocycles. The van der Waals surface area contributed by atoms with E-state index in [1.165, 1.54) is 12.8 Å². The predicted molar refractivity (Wildman–Crippen MR) is 90.2 cm³/mol. The Morgan fingerprint density at radius 3 is 2.65 bits per heavy atom. The molecule has 3 rings (SSSR count). The van der Waals surface area contributed by atoms with Crippen LogP contribution >= 0.6 is 0 Å². The van der Waals surface area contributed by atoms with Gasteiger partial charge >= 0.3 is 0 Å². The van der Waals surface area contributed by atoms with E-state index in [2.05, 4.69) is 25.1 Å². The van der Waals surface area contributed by atoms with Crippen LogP contribution < -0.4 is 10.2 Å². The van der Waals surface area contributed by atoms with E-state index in [0.717, 1.165) is 51.4 Å². The van der Waals surface area contributed by atoms with Crippen LogP contribution in [0.3, 0.4) is 0 Å². The number of anilines is 1. The van der Waals surface area contributed by atoms with Crippen molar-refractivity contribution >= 4 is 11.7 Å². The number of piperidine rings is 1. The maximum absolute atomic E-state index is 12.3. The first-order chi connectivity index (χ1) is 11.2. The van der Waals surface area contributed by atoms with Gasteiger partial charge in [-0.05, 0) is 51.6 Å². The second-order valence-electron chi connectivity index (χ2n) is 6.66. The smallest absolute Gasteiger partial charge is 0.237 e. The molecule has 1 atom stereocenters. The molecule has 2 saturated heterocycles. The van der Waals surface area contributed by atoms with Crippen LogP contribution in [0, 0.1) is 5.92 Å². The van der Waals surface area contributed by atoms with E-state index >= 15 is 0 Å². The highest BCUT2D eigenvalue weighted by Crippen LogP contribution is 2.20. The molecule has 0 radical (unpaired) electrons. The van der Waals surface area contributed by atoms with Crippen molar-refractivity contribution in [1.29, 1.82) is 0 Å². The zero-order valence-electron chi connectivity index (χ0n) is 13.9. The minimum atomic E-state index is 0.0113. The van der Waals surface area contributed by atoms with E-state index in [0.29, 0.717) is 5.92 Å². The van der Waals surface area contributed by atoms with Crippen LogP contribution in [-0.2, 0) is 4.79 Å². The Bertz CT molecular complexity index is 495. The van der Waals surface area contributed by atoms with Crippen molar-refractivity contribution in [3.05, 3.63) is 18.6 Å². The largest absolute Gasteiger partial charge is 0.355 e. The molecule has 1 amide bonds. The number of rotatable bonds is 5. The summed E-state index contributed by atoms with van der Waals surface area (Å²) in [7, 11) is 0. The van der Waals surface area contributed by atoms with Crippen molar-refractivity contribution in [3.8, 4) is 0 Å². The number of aromatic nitrogens is 2. The van der Waals surface area contributed by atoms with Crippen LogP contribution in [0.5, 0.6) is 0 Å². The minimum Gasteiger partial charge on any atom is -0.355 e. The van der Waals surface area contributed by atoms with Gasteiger partial charge in [0.25, 0.3) is 0 Å². The van der Waals surface area contributed by atoms with Gasteiger partial charge in [0.1, 0.15) is 5.82 Å². The van der Waals surface area contributed by atoms with E-state index < -0.39 is 0 Å². The molecule has 0 bridgehead atoms. The number of nitrogens with zero attached hydrogens (tertiary/aromatic N) is 4. The molecule has 6 nitrogen and oxygen atoms in total. The van der Waals surface area contributed by atoms with Gasteiger partial charge in [-0.25, -0.2) is 4.98 Å². The molecule has 1 N–H and O–H groups in total. The molecule has 1 unspecified atom stereocenters.